The van der Waals surface area contributed by atoms with Gasteiger partial charge in [-0.1, -0.05) is 68.1 Å². The molecule has 0 heterocycles. The van der Waals surface area contributed by atoms with Gasteiger partial charge in [0.1, 0.15) is 46.8 Å². The molecule has 0 aromatic heterocycles. The second-order valence-corrected chi connectivity index (χ2v) is 13.6. The molecule has 0 saturated heterocycles. The van der Waals surface area contributed by atoms with E-state index >= 15 is 0 Å². The zero-order valence-electron chi connectivity index (χ0n) is 37.5. The average Bonchev–Trinajstić information content (AvgIpc) is 3.17. The number of carbonyl (C=O) groups is 8. The molecule has 2 aromatic rings. The van der Waals surface area contributed by atoms with Crippen LogP contribution in [0.2, 0.25) is 4.24 Å². The third kappa shape index (κ3) is 48.3. The van der Waals surface area contributed by atoms with Gasteiger partial charge in [0.15, 0.2) is 0 Å². The van der Waals surface area contributed by atoms with E-state index in [1.54, 1.807) is 5.73 Å². The van der Waals surface area contributed by atoms with Crippen LogP contribution in [0.25, 0.3) is 0 Å². The van der Waals surface area contributed by atoms with Crippen LogP contribution in [0.15, 0.2) is 60.7 Å². The molecule has 0 bridgehead atoms. The van der Waals surface area contributed by atoms with Crippen molar-refractivity contribution in [1.82, 2.24) is 0 Å². The molecular formula is C40H71N3O18. The first-order valence-electron chi connectivity index (χ1n) is 19.0. The molecule has 3 atom stereocenters. The molecule has 14 N–H and O–H groups in total. The van der Waals surface area contributed by atoms with Crippen LogP contribution in [0.4, 0.5) is 0 Å². The first-order chi connectivity index (χ1) is 28.5. The first-order valence-corrected chi connectivity index (χ1v) is 17.5. The summed E-state index contributed by atoms with van der Waals surface area (Å²) in [6.45, 7) is 12.1. The summed E-state index contributed by atoms with van der Waals surface area (Å²) in [6.07, 6.45) is -0.621. The molecule has 21 nitrogen and oxygen atoms in total. The van der Waals surface area contributed by atoms with E-state index in [4.69, 9.17) is 34.1 Å². The van der Waals surface area contributed by atoms with E-state index in [9.17, 15) is 38.4 Å². The van der Waals surface area contributed by atoms with Crippen molar-refractivity contribution in [1.29, 1.82) is 0 Å². The third-order valence-electron chi connectivity index (χ3n) is 6.06. The van der Waals surface area contributed by atoms with E-state index in [1.807, 2.05) is 114 Å². The number of carboxylic acid groups (broad SMARTS) is 4. The fourth-order valence-corrected chi connectivity index (χ4v) is 3.11. The van der Waals surface area contributed by atoms with Gasteiger partial charge in [0.2, 0.25) is 0 Å². The molecule has 0 fully saturated rings. The number of carbonyl (C=O) groups excluding carboxylic acids is 4. The van der Waals surface area contributed by atoms with Crippen molar-refractivity contribution in [2.75, 3.05) is 0 Å². The van der Waals surface area contributed by atoms with Gasteiger partial charge in [-0.2, -0.15) is 0 Å². The number of ether oxygens (including phenoxy) is 4. The quantitative estimate of drug-likeness (QED) is 0.0538. The Morgan fingerprint density at radius 3 is 1.07 bits per heavy atom. The van der Waals surface area contributed by atoms with Crippen molar-refractivity contribution in [3.63, 3.8) is 0 Å². The summed E-state index contributed by atoms with van der Waals surface area (Å²) in [5.74, 6) is -5.52. The maximum absolute atomic E-state index is 11.6. The fraction of sp³-hybridized carbons (Fsp3) is 0.500. The van der Waals surface area contributed by atoms with Gasteiger partial charge in [0, 0.05) is 22.1 Å². The average molecular weight is 885 g/mol. The van der Waals surface area contributed by atoms with Crippen LogP contribution in [-0.2, 0) is 70.5 Å². The number of carboxylic acids is 4. The standard InChI is InChI=1S/2C12H15NO4.C5H9NO4.2C5H10O2.CH4.2H2O.2H2/c2*13-10(6-7-11(14)15)12(16)17-8-9-4-2-1-3-5-9;6-3(5(9)10)1-2-4(7)8;2*1-5(2,3)7-4-6;;;;;/h2*1-5,10H,6-8,13H2,(H,14,15);3H,1-2,6H2,(H,7,8)(H,9,10);2*4H,1-3H3;1H4;2*1H2;2*1H/t2*10-;3-;;;;;;;/m000......./s1/i/hD3. The van der Waals surface area contributed by atoms with Crippen molar-refractivity contribution in [2.45, 2.75) is 130 Å². The van der Waals surface area contributed by atoms with Crippen LogP contribution in [0.5, 0.6) is 0 Å². The molecule has 0 saturated carbocycles. The molecule has 0 radical (unpaired) electrons. The number of rotatable bonds is 21. The number of benzene rings is 2. The Bertz CT molecular complexity index is 1480. The van der Waals surface area contributed by atoms with Crippen LogP contribution in [0.3, 0.4) is 0 Å². The van der Waals surface area contributed by atoms with Crippen molar-refractivity contribution in [3.05, 3.63) is 71.8 Å². The summed E-state index contributed by atoms with van der Waals surface area (Å²) in [5.41, 5.74) is 6.80. The minimum Gasteiger partial charge on any atom is -0.481 e. The molecule has 2 aromatic carbocycles. The molecular weight excluding hydrogens is 810 g/mol. The van der Waals surface area contributed by atoms with Crippen LogP contribution in [0.1, 0.15) is 101 Å². The van der Waals surface area contributed by atoms with Crippen molar-refractivity contribution >= 4 is 48.8 Å². The first kappa shape index (κ1) is 59.3. The van der Waals surface area contributed by atoms with Crippen LogP contribution in [-0.4, -0.2) is 109 Å². The number of aliphatic carboxylic acids is 4. The van der Waals surface area contributed by atoms with Gasteiger partial charge in [-0.15, -0.1) is 0 Å². The van der Waals surface area contributed by atoms with Gasteiger partial charge >= 0.3 is 35.8 Å². The molecule has 21 heteroatoms. The van der Waals surface area contributed by atoms with Crippen LogP contribution in [0, 0.1) is 0 Å². The Balaban J connectivity index is -0.000000110. The lowest BCUT2D eigenvalue weighted by Crippen LogP contribution is -2.32. The lowest BCUT2D eigenvalue weighted by molar-refractivity contribution is -0.148. The van der Waals surface area contributed by atoms with E-state index in [-0.39, 0.29) is 84.2 Å². The molecule has 0 spiro atoms. The summed E-state index contributed by atoms with van der Waals surface area (Å²) in [7, 11) is 0. The van der Waals surface area contributed by atoms with Crippen LogP contribution < -0.4 is 17.2 Å². The Hall–Kier alpha value is -6.00. The summed E-state index contributed by atoms with van der Waals surface area (Å²) >= 11 is 0. The summed E-state index contributed by atoms with van der Waals surface area (Å²) < 4.78 is 39.6. The van der Waals surface area contributed by atoms with Crippen molar-refractivity contribution in [3.8, 4) is 0 Å². The van der Waals surface area contributed by atoms with E-state index in [1.165, 1.54) is 0 Å². The predicted octanol–water partition coefficient (Wildman–Crippen LogP) is 2.50. The Morgan fingerprint density at radius 2 is 0.869 bits per heavy atom. The Morgan fingerprint density at radius 1 is 0.590 bits per heavy atom. The predicted molar refractivity (Wildman–Crippen MR) is 227 cm³/mol. The maximum Gasteiger partial charge on any atom is 0.323 e. The highest BCUT2D eigenvalue weighted by atomic mass is 16.5. The maximum atomic E-state index is 11.6. The third-order valence-corrected chi connectivity index (χ3v) is 6.06. The number of hydrogen-bond donors (Lipinski definition) is 7. The second-order valence-electron chi connectivity index (χ2n) is 13.6. The highest BCUT2D eigenvalue weighted by Crippen LogP contribution is 2.06. The fourth-order valence-electron chi connectivity index (χ4n) is 3.11. The molecule has 0 unspecified atom stereocenters. The molecule has 354 valence electrons. The number of esters is 2. The van der Waals surface area contributed by atoms with Crippen molar-refractivity contribution in [2.24, 2.45) is 17.2 Å². The van der Waals surface area contributed by atoms with E-state index in [0.29, 0.717) is 12.9 Å². The highest BCUT2D eigenvalue weighted by Gasteiger charge is 2.17. The Labute approximate surface area is 363 Å². The minimum absolute atomic E-state index is 0. The zero-order valence-corrected chi connectivity index (χ0v) is 34.5. The molecule has 2 rings (SSSR count). The smallest absolute Gasteiger partial charge is 0.323 e. The van der Waals surface area contributed by atoms with E-state index in [0.717, 1.165) is 11.1 Å². The van der Waals surface area contributed by atoms with Gasteiger partial charge in [-0.05, 0) is 71.9 Å². The van der Waals surface area contributed by atoms with Gasteiger partial charge in [0.25, 0.3) is 12.9 Å². The van der Waals surface area contributed by atoms with Crippen LogP contribution >= 0.6 is 0 Å². The molecule has 61 heavy (non-hydrogen) atoms. The topological polar surface area (TPSA) is 395 Å². The lowest BCUT2D eigenvalue weighted by Gasteiger charge is -2.14. The molecule has 0 aliphatic carbocycles. The number of hydrogen-bond acceptors (Lipinski definition) is 15. The van der Waals surface area contributed by atoms with E-state index in [2.05, 4.69) is 9.47 Å². The molecule has 0 amide bonds. The van der Waals surface area contributed by atoms with Gasteiger partial charge in [0.05, 0.1) is 0 Å². The number of nitrogens with two attached hydrogens (primary N) is 3. The zero-order chi connectivity index (χ0) is 47.4. The van der Waals surface area contributed by atoms with E-state index < -0.39 is 53.9 Å². The normalized spacial score (nSPS) is 11.7. The van der Waals surface area contributed by atoms with Crippen molar-refractivity contribution < 1.29 is 95.8 Å². The monoisotopic (exact) mass is 884 g/mol. The van der Waals surface area contributed by atoms with Gasteiger partial charge in [-0.25, -0.2) is 0 Å². The largest absolute Gasteiger partial charge is 0.481 e. The van der Waals surface area contributed by atoms with Gasteiger partial charge in [-0.3, -0.25) is 38.4 Å². The Kier molecular flexibility index (Phi) is 37.2. The minimum atomic E-state index is -1.21. The highest BCUT2D eigenvalue weighted by molar-refractivity contribution is 5.77. The lowest BCUT2D eigenvalue weighted by atomic mass is 10.2. The molecule has 0 aliphatic rings. The SMILES string of the molecule is C.CC(C)(C)OC=O.CC(C)(C)OC=O.O.O.[2H]N[C@@H](CCC(=O)O)C(=O)O.[2H]N[C@@H](CCC(=O)O)C(=O)OCc1ccccc1.[2H]N[C@@H](CCC(=O)O)C(=O)OCc1ccccc1.[HH].[HH]. The summed E-state index contributed by atoms with van der Waals surface area (Å²) in [4.78, 5) is 83.2. The van der Waals surface area contributed by atoms with Gasteiger partial charge < -0.3 is 67.5 Å². The molecule has 0 aliphatic heterocycles. The summed E-state index contributed by atoms with van der Waals surface area (Å²) in [5, 5.41) is 33.5. The second kappa shape index (κ2) is 38.2. The summed E-state index contributed by atoms with van der Waals surface area (Å²) in [6, 6.07) is 15.4.